The number of hydrogen-bond acceptors (Lipinski definition) is 6. The van der Waals surface area contributed by atoms with Gasteiger partial charge in [-0.05, 0) is 37.3 Å². The zero-order valence-corrected chi connectivity index (χ0v) is 16.4. The summed E-state index contributed by atoms with van der Waals surface area (Å²) in [5, 5.41) is 6.00. The van der Waals surface area contributed by atoms with Gasteiger partial charge in [0, 0.05) is 21.5 Å². The van der Waals surface area contributed by atoms with Crippen LogP contribution >= 0.6 is 23.1 Å². The van der Waals surface area contributed by atoms with Gasteiger partial charge < -0.3 is 14.8 Å². The van der Waals surface area contributed by atoms with Crippen molar-refractivity contribution in [1.29, 1.82) is 0 Å². The molecule has 0 aliphatic carbocycles. The smallest absolute Gasteiger partial charge is 0.234 e. The molecule has 2 heterocycles. The van der Waals surface area contributed by atoms with Crippen molar-refractivity contribution in [3.8, 4) is 22.8 Å². The van der Waals surface area contributed by atoms with E-state index in [2.05, 4.69) is 10.3 Å². The van der Waals surface area contributed by atoms with Crippen LogP contribution in [0.25, 0.3) is 11.3 Å². The van der Waals surface area contributed by atoms with Crippen LogP contribution in [0.1, 0.15) is 5.01 Å². The summed E-state index contributed by atoms with van der Waals surface area (Å²) >= 11 is 3.09. The van der Waals surface area contributed by atoms with Gasteiger partial charge in [-0.2, -0.15) is 0 Å². The molecule has 138 valence electrons. The maximum Gasteiger partial charge on any atom is 0.234 e. The molecule has 1 amide bonds. The third-order valence-corrected chi connectivity index (χ3v) is 5.73. The number of carbonyl (C=O) groups is 1. The lowest BCUT2D eigenvalue weighted by Gasteiger charge is -2.18. The molecule has 0 fully saturated rings. The molecule has 1 N–H and O–H groups in total. The third kappa shape index (κ3) is 4.43. The molecule has 3 aromatic rings. The van der Waals surface area contributed by atoms with Crippen LogP contribution in [0, 0.1) is 6.92 Å². The first-order valence-corrected chi connectivity index (χ1v) is 10.4. The van der Waals surface area contributed by atoms with E-state index in [1.807, 2.05) is 54.8 Å². The second kappa shape index (κ2) is 8.02. The normalized spacial score (nSPS) is 12.6. The Labute approximate surface area is 165 Å². The number of ether oxygens (including phenoxy) is 2. The zero-order valence-electron chi connectivity index (χ0n) is 14.7. The van der Waals surface area contributed by atoms with E-state index >= 15 is 0 Å². The maximum absolute atomic E-state index is 12.2. The van der Waals surface area contributed by atoms with E-state index in [0.717, 1.165) is 38.3 Å². The van der Waals surface area contributed by atoms with Crippen molar-refractivity contribution in [2.45, 2.75) is 11.8 Å². The molecule has 0 saturated heterocycles. The first kappa shape index (κ1) is 17.9. The lowest BCUT2D eigenvalue weighted by atomic mass is 10.1. The van der Waals surface area contributed by atoms with Gasteiger partial charge in [-0.15, -0.1) is 23.1 Å². The Balaban J connectivity index is 1.33. The number of nitrogens with one attached hydrogen (secondary N) is 1. The number of thioether (sulfide) groups is 1. The maximum atomic E-state index is 12.2. The highest BCUT2D eigenvalue weighted by Gasteiger charge is 2.12. The Morgan fingerprint density at radius 1 is 1.15 bits per heavy atom. The Morgan fingerprint density at radius 3 is 2.67 bits per heavy atom. The van der Waals surface area contributed by atoms with Gasteiger partial charge in [0.15, 0.2) is 11.5 Å². The second-order valence-corrected chi connectivity index (χ2v) is 8.08. The quantitative estimate of drug-likeness (QED) is 0.636. The SMILES string of the molecule is Cc1nc(-c2ccc(NC(=O)CSc3ccc4c(c3)OCCO4)cc2)cs1. The molecule has 1 aliphatic heterocycles. The predicted molar refractivity (Wildman–Crippen MR) is 109 cm³/mol. The monoisotopic (exact) mass is 398 g/mol. The van der Waals surface area contributed by atoms with E-state index in [-0.39, 0.29) is 5.91 Å². The van der Waals surface area contributed by atoms with Crippen LogP contribution in [0.2, 0.25) is 0 Å². The van der Waals surface area contributed by atoms with Gasteiger partial charge in [0.1, 0.15) is 13.2 Å². The number of carbonyl (C=O) groups excluding carboxylic acids is 1. The highest BCUT2D eigenvalue weighted by molar-refractivity contribution is 8.00. The first-order valence-electron chi connectivity index (χ1n) is 8.52. The molecule has 1 aliphatic rings. The van der Waals surface area contributed by atoms with E-state index < -0.39 is 0 Å². The van der Waals surface area contributed by atoms with Crippen LogP contribution in [-0.4, -0.2) is 29.9 Å². The third-order valence-electron chi connectivity index (χ3n) is 3.97. The molecule has 7 heteroatoms. The topological polar surface area (TPSA) is 60.5 Å². The number of thiazole rings is 1. The van der Waals surface area contributed by atoms with E-state index in [9.17, 15) is 4.79 Å². The fraction of sp³-hybridized carbons (Fsp3) is 0.200. The van der Waals surface area contributed by atoms with Gasteiger partial charge in [0.2, 0.25) is 5.91 Å². The Bertz CT molecular complexity index is 954. The largest absolute Gasteiger partial charge is 0.486 e. The van der Waals surface area contributed by atoms with Gasteiger partial charge in [-0.3, -0.25) is 4.79 Å². The van der Waals surface area contributed by atoms with Crippen LogP contribution in [0.3, 0.4) is 0 Å². The summed E-state index contributed by atoms with van der Waals surface area (Å²) in [6.45, 7) is 3.11. The summed E-state index contributed by atoms with van der Waals surface area (Å²) < 4.78 is 11.1. The number of aromatic nitrogens is 1. The molecule has 0 bridgehead atoms. The van der Waals surface area contributed by atoms with Crippen LogP contribution in [-0.2, 0) is 4.79 Å². The molecule has 5 nitrogen and oxygen atoms in total. The van der Waals surface area contributed by atoms with Crippen LogP contribution in [0.4, 0.5) is 5.69 Å². The number of nitrogens with zero attached hydrogens (tertiary/aromatic N) is 1. The number of aryl methyl sites for hydroxylation is 1. The van der Waals surface area contributed by atoms with Crippen LogP contribution in [0.15, 0.2) is 52.7 Å². The van der Waals surface area contributed by atoms with Crippen molar-refractivity contribution >= 4 is 34.7 Å². The van der Waals surface area contributed by atoms with Gasteiger partial charge in [-0.1, -0.05) is 12.1 Å². The molecular formula is C20H18N2O3S2. The van der Waals surface area contributed by atoms with Gasteiger partial charge in [-0.25, -0.2) is 4.98 Å². The van der Waals surface area contributed by atoms with Crippen molar-refractivity contribution in [3.05, 3.63) is 52.9 Å². The van der Waals surface area contributed by atoms with Crippen molar-refractivity contribution in [2.24, 2.45) is 0 Å². The van der Waals surface area contributed by atoms with Gasteiger partial charge in [0.25, 0.3) is 0 Å². The summed E-state index contributed by atoms with van der Waals surface area (Å²) in [6, 6.07) is 13.5. The minimum Gasteiger partial charge on any atom is -0.486 e. The molecule has 4 rings (SSSR count). The van der Waals surface area contributed by atoms with Crippen molar-refractivity contribution in [1.82, 2.24) is 4.98 Å². The number of rotatable bonds is 5. The van der Waals surface area contributed by atoms with E-state index in [0.29, 0.717) is 19.0 Å². The summed E-state index contributed by atoms with van der Waals surface area (Å²) in [6.07, 6.45) is 0. The molecule has 1 aromatic heterocycles. The Hall–Kier alpha value is -2.51. The molecule has 2 aromatic carbocycles. The zero-order chi connectivity index (χ0) is 18.6. The fourth-order valence-electron chi connectivity index (χ4n) is 2.68. The summed E-state index contributed by atoms with van der Waals surface area (Å²) in [5.74, 6) is 1.77. The average molecular weight is 399 g/mol. The molecule has 0 atom stereocenters. The minimum atomic E-state index is -0.0489. The van der Waals surface area contributed by atoms with E-state index in [1.165, 1.54) is 11.8 Å². The van der Waals surface area contributed by atoms with Crippen molar-refractivity contribution < 1.29 is 14.3 Å². The molecular weight excluding hydrogens is 380 g/mol. The van der Waals surface area contributed by atoms with Gasteiger partial charge >= 0.3 is 0 Å². The second-order valence-electron chi connectivity index (χ2n) is 5.97. The first-order chi connectivity index (χ1) is 13.2. The Kier molecular flexibility index (Phi) is 5.31. The summed E-state index contributed by atoms with van der Waals surface area (Å²) in [7, 11) is 0. The number of anilines is 1. The van der Waals surface area contributed by atoms with Crippen LogP contribution in [0.5, 0.6) is 11.5 Å². The molecule has 0 radical (unpaired) electrons. The molecule has 0 saturated carbocycles. The summed E-state index contributed by atoms with van der Waals surface area (Å²) in [4.78, 5) is 17.7. The van der Waals surface area contributed by atoms with E-state index in [4.69, 9.17) is 9.47 Å². The van der Waals surface area contributed by atoms with Crippen molar-refractivity contribution in [2.75, 3.05) is 24.3 Å². The predicted octanol–water partition coefficient (Wildman–Crippen LogP) is 4.62. The fourth-order valence-corrected chi connectivity index (χ4v) is 4.03. The lowest BCUT2D eigenvalue weighted by molar-refractivity contribution is -0.113. The van der Waals surface area contributed by atoms with Gasteiger partial charge in [0.05, 0.1) is 16.5 Å². The van der Waals surface area contributed by atoms with E-state index in [1.54, 1.807) is 11.3 Å². The minimum absolute atomic E-state index is 0.0489. The highest BCUT2D eigenvalue weighted by Crippen LogP contribution is 2.34. The number of fused-ring (bicyclic) bond motifs is 1. The Morgan fingerprint density at radius 2 is 1.93 bits per heavy atom. The lowest BCUT2D eigenvalue weighted by Crippen LogP contribution is -2.15. The standard InChI is InChI=1S/C20H18N2O3S2/c1-13-21-17(11-26-13)14-2-4-15(5-3-14)22-20(23)12-27-16-6-7-18-19(10-16)25-9-8-24-18/h2-7,10-11H,8-9,12H2,1H3,(H,22,23). The van der Waals surface area contributed by atoms with Crippen molar-refractivity contribution in [3.63, 3.8) is 0 Å². The number of benzene rings is 2. The summed E-state index contributed by atoms with van der Waals surface area (Å²) in [5.41, 5.74) is 2.78. The molecule has 0 unspecified atom stereocenters. The average Bonchev–Trinajstić information content (AvgIpc) is 3.13. The van der Waals surface area contributed by atoms with Crippen LogP contribution < -0.4 is 14.8 Å². The highest BCUT2D eigenvalue weighted by atomic mass is 32.2. The number of amides is 1. The molecule has 0 spiro atoms. The molecule has 27 heavy (non-hydrogen) atoms. The number of hydrogen-bond donors (Lipinski definition) is 1.